The van der Waals surface area contributed by atoms with Gasteiger partial charge in [0.1, 0.15) is 0 Å². The number of rotatable bonds is 6. The van der Waals surface area contributed by atoms with E-state index >= 15 is 0 Å². The maximum absolute atomic E-state index is 5.37. The fraction of sp³-hybridized carbons (Fsp3) is 0.0408. The zero-order chi connectivity index (χ0) is 34.6. The summed E-state index contributed by atoms with van der Waals surface area (Å²) in [6.07, 6.45) is 4.48. The molecule has 0 spiro atoms. The topological polar surface area (TPSA) is 22.2 Å². The van der Waals surface area contributed by atoms with E-state index in [1.165, 1.54) is 70.6 Å². The molecule has 246 valence electrons. The second kappa shape index (κ2) is 12.3. The van der Waals surface area contributed by atoms with Crippen LogP contribution in [0, 0.1) is 0 Å². The van der Waals surface area contributed by atoms with E-state index in [1.807, 2.05) is 0 Å². The highest BCUT2D eigenvalue weighted by atomic mass is 15.0. The SMILES string of the molecule is C/C=C(\C(=NCc1ccccc1)c1ccccc1)n1ccc2c3ccccc3c3c(c4c5ccccc5c5ccccc5c4n3-c3ccccc3)c21. The molecular weight excluding hydrogens is 631 g/mol. The Bertz CT molecular complexity index is 3020. The minimum absolute atomic E-state index is 0.587. The summed E-state index contributed by atoms with van der Waals surface area (Å²) in [4.78, 5) is 5.37. The Balaban J connectivity index is 1.42. The molecule has 0 unspecified atom stereocenters. The Hall–Kier alpha value is -6.71. The lowest BCUT2D eigenvalue weighted by Gasteiger charge is -2.17. The molecule has 0 atom stereocenters. The van der Waals surface area contributed by atoms with Crippen LogP contribution in [0.25, 0.3) is 76.4 Å². The van der Waals surface area contributed by atoms with E-state index in [2.05, 4.69) is 198 Å². The Morgan fingerprint density at radius 2 is 0.962 bits per heavy atom. The van der Waals surface area contributed by atoms with Crippen LogP contribution in [0.2, 0.25) is 0 Å². The molecular formula is C49H35N3. The zero-order valence-corrected chi connectivity index (χ0v) is 28.9. The summed E-state index contributed by atoms with van der Waals surface area (Å²) in [5.41, 5.74) is 9.06. The lowest BCUT2D eigenvalue weighted by molar-refractivity contribution is 1.06. The van der Waals surface area contributed by atoms with Gasteiger partial charge in [0.05, 0.1) is 34.5 Å². The number of aromatic nitrogens is 2. The van der Waals surface area contributed by atoms with Crippen molar-refractivity contribution in [3.05, 3.63) is 193 Å². The fourth-order valence-electron chi connectivity index (χ4n) is 8.36. The van der Waals surface area contributed by atoms with Crippen molar-refractivity contribution >= 4 is 76.4 Å². The van der Waals surface area contributed by atoms with E-state index in [4.69, 9.17) is 4.99 Å². The second-order valence-electron chi connectivity index (χ2n) is 13.4. The third kappa shape index (κ3) is 4.56. The molecule has 0 radical (unpaired) electrons. The van der Waals surface area contributed by atoms with Gasteiger partial charge >= 0.3 is 0 Å². The van der Waals surface area contributed by atoms with E-state index < -0.39 is 0 Å². The molecule has 10 aromatic rings. The van der Waals surface area contributed by atoms with Gasteiger partial charge in [-0.1, -0.05) is 158 Å². The molecule has 2 aromatic heterocycles. The van der Waals surface area contributed by atoms with Crippen molar-refractivity contribution in [1.29, 1.82) is 0 Å². The molecule has 0 N–H and O–H groups in total. The monoisotopic (exact) mass is 665 g/mol. The zero-order valence-electron chi connectivity index (χ0n) is 28.9. The van der Waals surface area contributed by atoms with Gasteiger partial charge in [-0.3, -0.25) is 4.99 Å². The maximum Gasteiger partial charge on any atom is 0.0887 e. The van der Waals surface area contributed by atoms with Gasteiger partial charge in [0.15, 0.2) is 0 Å². The van der Waals surface area contributed by atoms with Gasteiger partial charge in [-0.15, -0.1) is 0 Å². The first-order valence-electron chi connectivity index (χ1n) is 18.0. The average Bonchev–Trinajstić information content (AvgIpc) is 3.82. The van der Waals surface area contributed by atoms with Gasteiger partial charge < -0.3 is 9.13 Å². The van der Waals surface area contributed by atoms with Crippen LogP contribution < -0.4 is 0 Å². The van der Waals surface area contributed by atoms with Crippen molar-refractivity contribution < 1.29 is 0 Å². The number of aliphatic imine (C=N–C) groups is 1. The molecule has 0 amide bonds. The Morgan fingerprint density at radius 1 is 0.481 bits per heavy atom. The van der Waals surface area contributed by atoms with Gasteiger partial charge in [-0.05, 0) is 52.2 Å². The van der Waals surface area contributed by atoms with E-state index in [0.717, 1.165) is 22.7 Å². The third-order valence-corrected chi connectivity index (χ3v) is 10.5. The van der Waals surface area contributed by atoms with Gasteiger partial charge in [0.2, 0.25) is 0 Å². The second-order valence-corrected chi connectivity index (χ2v) is 13.4. The Labute approximate surface area is 302 Å². The molecule has 52 heavy (non-hydrogen) atoms. The molecule has 10 rings (SSSR count). The number of benzene rings is 8. The molecule has 0 aliphatic carbocycles. The van der Waals surface area contributed by atoms with Crippen molar-refractivity contribution in [3.63, 3.8) is 0 Å². The van der Waals surface area contributed by atoms with Crippen LogP contribution in [-0.2, 0) is 6.54 Å². The molecule has 0 aliphatic heterocycles. The van der Waals surface area contributed by atoms with Gasteiger partial charge in [0.25, 0.3) is 0 Å². The average molecular weight is 666 g/mol. The predicted octanol–water partition coefficient (Wildman–Crippen LogP) is 12.7. The third-order valence-electron chi connectivity index (χ3n) is 10.5. The molecule has 3 nitrogen and oxygen atoms in total. The molecule has 2 heterocycles. The summed E-state index contributed by atoms with van der Waals surface area (Å²) in [6, 6.07) is 61.1. The first kappa shape index (κ1) is 30.1. The van der Waals surface area contributed by atoms with E-state index in [9.17, 15) is 0 Å². The van der Waals surface area contributed by atoms with Crippen LogP contribution in [0.5, 0.6) is 0 Å². The van der Waals surface area contributed by atoms with Crippen molar-refractivity contribution in [2.24, 2.45) is 4.99 Å². The summed E-state index contributed by atoms with van der Waals surface area (Å²) < 4.78 is 4.93. The molecule has 3 heteroatoms. The molecule has 8 aromatic carbocycles. The predicted molar refractivity (Wildman–Crippen MR) is 222 cm³/mol. The van der Waals surface area contributed by atoms with E-state index in [-0.39, 0.29) is 0 Å². The number of fused-ring (bicyclic) bond motifs is 13. The van der Waals surface area contributed by atoms with Crippen LogP contribution in [0.15, 0.2) is 187 Å². The van der Waals surface area contributed by atoms with Crippen LogP contribution in [-0.4, -0.2) is 14.8 Å². The number of nitrogens with zero attached hydrogens (tertiary/aromatic N) is 3. The molecule has 0 fully saturated rings. The minimum Gasteiger partial charge on any atom is -0.314 e. The Kier molecular flexibility index (Phi) is 7.10. The lowest BCUT2D eigenvalue weighted by Crippen LogP contribution is -2.11. The molecule has 0 saturated heterocycles. The normalized spacial score (nSPS) is 12.6. The van der Waals surface area contributed by atoms with Crippen molar-refractivity contribution in [1.82, 2.24) is 9.13 Å². The van der Waals surface area contributed by atoms with E-state index in [1.54, 1.807) is 0 Å². The number of hydrogen-bond donors (Lipinski definition) is 0. The molecule has 0 aliphatic rings. The Morgan fingerprint density at radius 3 is 1.60 bits per heavy atom. The van der Waals surface area contributed by atoms with Crippen molar-refractivity contribution in [2.45, 2.75) is 13.5 Å². The summed E-state index contributed by atoms with van der Waals surface area (Å²) in [5, 5.41) is 11.2. The maximum atomic E-state index is 5.37. The van der Waals surface area contributed by atoms with Crippen LogP contribution in [0.4, 0.5) is 0 Å². The van der Waals surface area contributed by atoms with Crippen LogP contribution in [0.3, 0.4) is 0 Å². The standard InChI is InChI=1S/C49H35N3/c1-2-43(46(34-20-8-4-9-21-34)50-32-33-18-6-3-7-19-33)51-31-30-42-38-26-14-17-29-41(38)49-45(47(42)51)44-39-27-15-12-24-36(39)37-25-13-16-28-40(37)48(44)52(49)35-22-10-5-11-23-35/h2-31H,32H2,1H3/b43-2+,50-46?. The largest absolute Gasteiger partial charge is 0.314 e. The van der Waals surface area contributed by atoms with Gasteiger partial charge in [-0.25, -0.2) is 0 Å². The number of hydrogen-bond acceptors (Lipinski definition) is 1. The number of allylic oxidation sites excluding steroid dienone is 2. The first-order valence-corrected chi connectivity index (χ1v) is 18.0. The summed E-state index contributed by atoms with van der Waals surface area (Å²) in [5.74, 6) is 0. The first-order chi connectivity index (χ1) is 25.8. The lowest BCUT2D eigenvalue weighted by atomic mass is 9.95. The smallest absolute Gasteiger partial charge is 0.0887 e. The molecule has 0 bridgehead atoms. The van der Waals surface area contributed by atoms with Gasteiger partial charge in [-0.2, -0.15) is 0 Å². The quantitative estimate of drug-likeness (QED) is 0.125. The minimum atomic E-state index is 0.587. The van der Waals surface area contributed by atoms with Gasteiger partial charge in [0, 0.05) is 44.4 Å². The molecule has 0 saturated carbocycles. The van der Waals surface area contributed by atoms with E-state index in [0.29, 0.717) is 6.54 Å². The highest BCUT2D eigenvalue weighted by Gasteiger charge is 2.26. The highest BCUT2D eigenvalue weighted by Crippen LogP contribution is 2.48. The van der Waals surface area contributed by atoms with Crippen LogP contribution >= 0.6 is 0 Å². The number of para-hydroxylation sites is 1. The summed E-state index contributed by atoms with van der Waals surface area (Å²) >= 11 is 0. The summed E-state index contributed by atoms with van der Waals surface area (Å²) in [7, 11) is 0. The van der Waals surface area contributed by atoms with Crippen molar-refractivity contribution in [3.8, 4) is 5.69 Å². The fourth-order valence-corrected chi connectivity index (χ4v) is 8.36. The highest BCUT2D eigenvalue weighted by molar-refractivity contribution is 6.41. The van der Waals surface area contributed by atoms with Crippen LogP contribution in [0.1, 0.15) is 18.1 Å². The van der Waals surface area contributed by atoms with Crippen molar-refractivity contribution in [2.75, 3.05) is 0 Å². The summed E-state index contributed by atoms with van der Waals surface area (Å²) in [6.45, 7) is 2.72.